The van der Waals surface area contributed by atoms with Crippen molar-refractivity contribution < 1.29 is 0 Å². The highest BCUT2D eigenvalue weighted by atomic mass is 32.1. The fourth-order valence-corrected chi connectivity index (χ4v) is 3.27. The minimum Gasteiger partial charge on any atom is -0.267 e. The first-order valence-corrected chi connectivity index (χ1v) is 8.06. The second kappa shape index (κ2) is 6.31. The highest BCUT2D eigenvalue weighted by Gasteiger charge is 2.18. The molecule has 1 unspecified atom stereocenters. The van der Waals surface area contributed by atoms with Gasteiger partial charge in [0.2, 0.25) is 0 Å². The van der Waals surface area contributed by atoms with Crippen molar-refractivity contribution in [1.82, 2.24) is 15.2 Å². The molecule has 1 atom stereocenters. The Balaban J connectivity index is 2.57. The molecule has 5 heteroatoms. The summed E-state index contributed by atoms with van der Waals surface area (Å²) in [5, 5.41) is 9.64. The summed E-state index contributed by atoms with van der Waals surface area (Å²) < 4.78 is 0. The smallest absolute Gasteiger partial charge is 0.267 e. The standard InChI is InChI=1S/C15H21N3OS/c1-5-9(4)12-8-20-15(16-12)13-10(6-2)11(7-3)17-18-14(13)19/h8-9H,5-7H2,1-4H3,(H,18,19). The summed E-state index contributed by atoms with van der Waals surface area (Å²) in [6.45, 7) is 8.42. The van der Waals surface area contributed by atoms with E-state index in [9.17, 15) is 4.79 Å². The maximum Gasteiger partial charge on any atom is 0.274 e. The predicted octanol–water partition coefficient (Wildman–Crippen LogP) is 3.53. The molecule has 4 nitrogen and oxygen atoms in total. The number of aromatic amines is 1. The van der Waals surface area contributed by atoms with Crippen molar-refractivity contribution in [2.24, 2.45) is 0 Å². The Morgan fingerprint density at radius 2 is 2.05 bits per heavy atom. The number of aromatic nitrogens is 3. The van der Waals surface area contributed by atoms with Crippen LogP contribution in [0.25, 0.3) is 10.6 Å². The van der Waals surface area contributed by atoms with Gasteiger partial charge in [0, 0.05) is 5.38 Å². The van der Waals surface area contributed by atoms with Crippen LogP contribution in [0.3, 0.4) is 0 Å². The lowest BCUT2D eigenvalue weighted by atomic mass is 10.0. The minimum absolute atomic E-state index is 0.135. The third kappa shape index (κ3) is 2.68. The Morgan fingerprint density at radius 1 is 1.30 bits per heavy atom. The van der Waals surface area contributed by atoms with E-state index in [-0.39, 0.29) is 5.56 Å². The maximum atomic E-state index is 12.2. The molecular formula is C15H21N3OS. The third-order valence-corrected chi connectivity index (χ3v) is 4.59. The van der Waals surface area contributed by atoms with Crippen LogP contribution in [0.15, 0.2) is 10.2 Å². The van der Waals surface area contributed by atoms with Crippen LogP contribution >= 0.6 is 11.3 Å². The van der Waals surface area contributed by atoms with Gasteiger partial charge in [-0.2, -0.15) is 5.10 Å². The largest absolute Gasteiger partial charge is 0.274 e. The first kappa shape index (κ1) is 14.9. The van der Waals surface area contributed by atoms with Crippen LogP contribution in [-0.2, 0) is 12.8 Å². The van der Waals surface area contributed by atoms with Gasteiger partial charge < -0.3 is 0 Å². The van der Waals surface area contributed by atoms with E-state index in [1.807, 2.05) is 0 Å². The molecule has 1 N–H and O–H groups in total. The number of aryl methyl sites for hydroxylation is 1. The molecule has 0 saturated heterocycles. The number of H-pyrrole nitrogens is 1. The monoisotopic (exact) mass is 291 g/mol. The maximum absolute atomic E-state index is 12.2. The zero-order valence-electron chi connectivity index (χ0n) is 12.5. The number of thiazole rings is 1. The van der Waals surface area contributed by atoms with Gasteiger partial charge in [-0.1, -0.05) is 27.7 Å². The van der Waals surface area contributed by atoms with Crippen molar-refractivity contribution in [2.75, 3.05) is 0 Å². The molecule has 0 fully saturated rings. The van der Waals surface area contributed by atoms with E-state index >= 15 is 0 Å². The van der Waals surface area contributed by atoms with E-state index in [0.29, 0.717) is 11.5 Å². The molecule has 2 aromatic rings. The van der Waals surface area contributed by atoms with Gasteiger partial charge in [0.05, 0.1) is 17.0 Å². The van der Waals surface area contributed by atoms with Gasteiger partial charge in [0.25, 0.3) is 5.56 Å². The molecule has 0 amide bonds. The number of hydrogen-bond donors (Lipinski definition) is 1. The summed E-state index contributed by atoms with van der Waals surface area (Å²) in [5.74, 6) is 0.427. The Bertz CT molecular complexity index is 645. The molecule has 0 aliphatic carbocycles. The minimum atomic E-state index is -0.135. The second-order valence-corrected chi connectivity index (χ2v) is 5.81. The average molecular weight is 291 g/mol. The van der Waals surface area contributed by atoms with Crippen molar-refractivity contribution in [1.29, 1.82) is 0 Å². The Hall–Kier alpha value is -1.49. The molecule has 0 saturated carbocycles. The molecule has 2 heterocycles. The summed E-state index contributed by atoms with van der Waals surface area (Å²) in [4.78, 5) is 16.8. The van der Waals surface area contributed by atoms with E-state index in [1.54, 1.807) is 11.3 Å². The second-order valence-electron chi connectivity index (χ2n) is 4.95. The average Bonchev–Trinajstić information content (AvgIpc) is 2.95. The first-order chi connectivity index (χ1) is 9.62. The highest BCUT2D eigenvalue weighted by molar-refractivity contribution is 7.13. The first-order valence-electron chi connectivity index (χ1n) is 7.18. The Kier molecular flexibility index (Phi) is 4.70. The summed E-state index contributed by atoms with van der Waals surface area (Å²) >= 11 is 1.55. The molecule has 0 aliphatic heterocycles. The number of hydrogen-bond acceptors (Lipinski definition) is 4. The molecule has 2 aromatic heterocycles. The fraction of sp³-hybridized carbons (Fsp3) is 0.533. The lowest BCUT2D eigenvalue weighted by molar-refractivity contribution is 0.714. The van der Waals surface area contributed by atoms with Crippen LogP contribution in [0.4, 0.5) is 0 Å². The molecule has 0 aromatic carbocycles. The van der Waals surface area contributed by atoms with E-state index in [4.69, 9.17) is 0 Å². The van der Waals surface area contributed by atoms with Crippen LogP contribution in [-0.4, -0.2) is 15.2 Å². The van der Waals surface area contributed by atoms with Crippen LogP contribution in [0.5, 0.6) is 0 Å². The predicted molar refractivity (Wildman–Crippen MR) is 83.4 cm³/mol. The summed E-state index contributed by atoms with van der Waals surface area (Å²) in [7, 11) is 0. The molecule has 108 valence electrons. The van der Waals surface area contributed by atoms with Crippen molar-refractivity contribution in [3.05, 3.63) is 32.7 Å². The summed E-state index contributed by atoms with van der Waals surface area (Å²) in [6, 6.07) is 0. The van der Waals surface area contributed by atoms with Gasteiger partial charge in [0.15, 0.2) is 0 Å². The van der Waals surface area contributed by atoms with Gasteiger partial charge in [-0.25, -0.2) is 10.1 Å². The lowest BCUT2D eigenvalue weighted by Gasteiger charge is -2.08. The molecule has 20 heavy (non-hydrogen) atoms. The molecule has 0 radical (unpaired) electrons. The normalized spacial score (nSPS) is 12.6. The quantitative estimate of drug-likeness (QED) is 0.916. The van der Waals surface area contributed by atoms with Crippen molar-refractivity contribution in [3.8, 4) is 10.6 Å². The van der Waals surface area contributed by atoms with E-state index in [0.717, 1.165) is 41.2 Å². The fourth-order valence-electron chi connectivity index (χ4n) is 2.26. The van der Waals surface area contributed by atoms with Gasteiger partial charge >= 0.3 is 0 Å². The molecule has 2 rings (SSSR count). The zero-order valence-corrected chi connectivity index (χ0v) is 13.3. The summed E-state index contributed by atoms with van der Waals surface area (Å²) in [6.07, 6.45) is 2.67. The SMILES string of the molecule is CCc1n[nH]c(=O)c(-c2nc(C(C)CC)cs2)c1CC. The van der Waals surface area contributed by atoms with Gasteiger partial charge in [-0.15, -0.1) is 11.3 Å². The zero-order chi connectivity index (χ0) is 14.7. The highest BCUT2D eigenvalue weighted by Crippen LogP contribution is 2.29. The van der Waals surface area contributed by atoms with E-state index in [1.165, 1.54) is 0 Å². The van der Waals surface area contributed by atoms with Crippen LogP contribution in [0.2, 0.25) is 0 Å². The van der Waals surface area contributed by atoms with E-state index < -0.39 is 0 Å². The molecule has 0 aliphatic rings. The van der Waals surface area contributed by atoms with Crippen molar-refractivity contribution in [3.63, 3.8) is 0 Å². The van der Waals surface area contributed by atoms with Crippen LogP contribution in [0, 0.1) is 0 Å². The van der Waals surface area contributed by atoms with Crippen molar-refractivity contribution in [2.45, 2.75) is 52.9 Å². The lowest BCUT2D eigenvalue weighted by Crippen LogP contribution is -2.16. The molecular weight excluding hydrogens is 270 g/mol. The number of nitrogens with one attached hydrogen (secondary N) is 1. The topological polar surface area (TPSA) is 58.6 Å². The number of nitrogens with zero attached hydrogens (tertiary/aromatic N) is 2. The number of rotatable bonds is 5. The van der Waals surface area contributed by atoms with Crippen molar-refractivity contribution >= 4 is 11.3 Å². The summed E-state index contributed by atoms with van der Waals surface area (Å²) in [5.41, 5.74) is 3.63. The van der Waals surface area contributed by atoms with Gasteiger partial charge in [-0.05, 0) is 30.7 Å². The van der Waals surface area contributed by atoms with Crippen LogP contribution < -0.4 is 5.56 Å². The molecule has 0 bridgehead atoms. The molecule has 0 spiro atoms. The van der Waals surface area contributed by atoms with Gasteiger partial charge in [-0.3, -0.25) is 4.79 Å². The van der Waals surface area contributed by atoms with Gasteiger partial charge in [0.1, 0.15) is 5.01 Å². The Labute approximate surface area is 123 Å². The Morgan fingerprint density at radius 3 is 2.65 bits per heavy atom. The van der Waals surface area contributed by atoms with Crippen LogP contribution in [0.1, 0.15) is 57.0 Å². The van der Waals surface area contributed by atoms with E-state index in [2.05, 4.69) is 48.3 Å². The third-order valence-electron chi connectivity index (χ3n) is 3.71.